The maximum absolute atomic E-state index is 12.7. The fraction of sp³-hybridized carbons (Fsp3) is 0.857. The van der Waals surface area contributed by atoms with E-state index < -0.39 is 13.9 Å². The molecular weight excluding hydrogens is 746 g/mol. The van der Waals surface area contributed by atoms with Crippen molar-refractivity contribution in [3.8, 4) is 0 Å². The highest BCUT2D eigenvalue weighted by Crippen LogP contribution is 2.38. The smallest absolute Gasteiger partial charge is 0.306 e. The van der Waals surface area contributed by atoms with Gasteiger partial charge in [-0.3, -0.25) is 9.36 Å². The summed E-state index contributed by atoms with van der Waals surface area (Å²) < 4.78 is 34.6. The second-order valence-corrected chi connectivity index (χ2v) is 18.9. The Morgan fingerprint density at radius 1 is 0.552 bits per heavy atom. The largest absolute Gasteiger partial charge is 0.756 e. The Hall–Kier alpha value is -1.28. The normalized spacial score (nSPS) is 14.0. The maximum Gasteiger partial charge on any atom is 0.306 e. The Kier molecular flexibility index (Phi) is 41.5. The molecule has 0 heterocycles. The average molecular weight is 840 g/mol. The van der Waals surface area contributed by atoms with Gasteiger partial charge in [-0.05, 0) is 44.9 Å². The van der Waals surface area contributed by atoms with E-state index >= 15 is 0 Å². The van der Waals surface area contributed by atoms with Gasteiger partial charge in [0.15, 0.2) is 0 Å². The van der Waals surface area contributed by atoms with E-state index in [2.05, 4.69) is 50.3 Å². The van der Waals surface area contributed by atoms with Crippen LogP contribution in [-0.4, -0.2) is 70.7 Å². The minimum absolute atomic E-state index is 0.0211. The molecule has 9 heteroatoms. The van der Waals surface area contributed by atoms with Crippen molar-refractivity contribution in [1.82, 2.24) is 0 Å². The summed E-state index contributed by atoms with van der Waals surface area (Å²) in [5.41, 5.74) is 0. The summed E-state index contributed by atoms with van der Waals surface area (Å²) in [5.74, 6) is -0.360. The highest BCUT2D eigenvalue weighted by atomic mass is 31.2. The first-order valence-electron chi connectivity index (χ1n) is 24.2. The van der Waals surface area contributed by atoms with Gasteiger partial charge in [0, 0.05) is 13.0 Å². The molecule has 0 N–H and O–H groups in total. The van der Waals surface area contributed by atoms with Crippen molar-refractivity contribution in [2.24, 2.45) is 0 Å². The zero-order chi connectivity index (χ0) is 42.7. The second kappa shape index (κ2) is 42.4. The van der Waals surface area contributed by atoms with Gasteiger partial charge in [-0.25, -0.2) is 0 Å². The van der Waals surface area contributed by atoms with Gasteiger partial charge in [-0.15, -0.1) is 0 Å². The number of phosphoric ester groups is 1. The summed E-state index contributed by atoms with van der Waals surface area (Å²) in [4.78, 5) is 25.1. The van der Waals surface area contributed by atoms with E-state index in [0.29, 0.717) is 17.6 Å². The summed E-state index contributed by atoms with van der Waals surface area (Å²) in [6.45, 7) is 5.29. The van der Waals surface area contributed by atoms with E-state index in [-0.39, 0.29) is 32.2 Å². The fourth-order valence-corrected chi connectivity index (χ4v) is 7.47. The third-order valence-corrected chi connectivity index (χ3v) is 11.4. The summed E-state index contributed by atoms with van der Waals surface area (Å²) in [6, 6.07) is 0. The fourth-order valence-electron chi connectivity index (χ4n) is 6.74. The highest BCUT2D eigenvalue weighted by molar-refractivity contribution is 7.45. The SMILES string of the molecule is CC/C=C\C/C=C\C/C=C\CCCCCC(=O)OC(COCCCCCCCCCCCCCCCCCCCCCCCCC)COP(=O)([O-])OCC[N+](C)(C)C. The van der Waals surface area contributed by atoms with Gasteiger partial charge in [0.2, 0.25) is 0 Å². The van der Waals surface area contributed by atoms with Gasteiger partial charge in [0.05, 0.1) is 34.4 Å². The molecule has 0 amide bonds. The van der Waals surface area contributed by atoms with Gasteiger partial charge < -0.3 is 27.9 Å². The molecule has 0 radical (unpaired) electrons. The number of phosphoric acid groups is 1. The molecule has 0 aromatic heterocycles. The minimum atomic E-state index is -4.53. The van der Waals surface area contributed by atoms with Crippen LogP contribution >= 0.6 is 7.82 Å². The molecule has 0 aliphatic rings. The molecule has 58 heavy (non-hydrogen) atoms. The molecule has 0 aromatic rings. The topological polar surface area (TPSA) is 94.1 Å². The number of esters is 1. The van der Waals surface area contributed by atoms with Crippen molar-refractivity contribution >= 4 is 13.8 Å². The Balaban J connectivity index is 4.09. The predicted molar refractivity (Wildman–Crippen MR) is 245 cm³/mol. The van der Waals surface area contributed by atoms with Crippen LogP contribution in [0.5, 0.6) is 0 Å². The zero-order valence-corrected chi connectivity index (χ0v) is 39.6. The van der Waals surface area contributed by atoms with E-state index in [9.17, 15) is 14.3 Å². The molecule has 0 spiro atoms. The van der Waals surface area contributed by atoms with Crippen molar-refractivity contribution in [2.45, 2.75) is 219 Å². The third kappa shape index (κ3) is 45.8. The molecule has 0 fully saturated rings. The van der Waals surface area contributed by atoms with E-state index in [1.165, 1.54) is 135 Å². The highest BCUT2D eigenvalue weighted by Gasteiger charge is 2.20. The Morgan fingerprint density at radius 3 is 1.48 bits per heavy atom. The van der Waals surface area contributed by atoms with Crippen molar-refractivity contribution in [3.63, 3.8) is 0 Å². The van der Waals surface area contributed by atoms with Crippen molar-refractivity contribution in [3.05, 3.63) is 36.5 Å². The van der Waals surface area contributed by atoms with Crippen LogP contribution in [0.2, 0.25) is 0 Å². The van der Waals surface area contributed by atoms with Crippen LogP contribution < -0.4 is 4.89 Å². The monoisotopic (exact) mass is 840 g/mol. The molecule has 0 saturated carbocycles. The number of likely N-dealkylation sites (N-methyl/N-ethyl adjacent to an activating group) is 1. The van der Waals surface area contributed by atoms with Crippen LogP contribution in [0.1, 0.15) is 213 Å². The molecule has 0 aliphatic carbocycles. The van der Waals surface area contributed by atoms with Crippen molar-refractivity contribution < 1.29 is 37.3 Å². The number of ether oxygens (including phenoxy) is 2. The van der Waals surface area contributed by atoms with Gasteiger partial charge in [0.1, 0.15) is 19.3 Å². The molecule has 0 aliphatic heterocycles. The van der Waals surface area contributed by atoms with Crippen molar-refractivity contribution in [1.29, 1.82) is 0 Å². The van der Waals surface area contributed by atoms with Crippen LogP contribution in [-0.2, 0) is 27.9 Å². The number of allylic oxidation sites excluding steroid dienone is 6. The summed E-state index contributed by atoms with van der Waals surface area (Å²) in [6.07, 6.45) is 50.4. The average Bonchev–Trinajstić information content (AvgIpc) is 3.18. The van der Waals surface area contributed by atoms with Gasteiger partial charge in [-0.2, -0.15) is 0 Å². The van der Waals surface area contributed by atoms with E-state index in [1.807, 2.05) is 21.1 Å². The number of hydrogen-bond donors (Lipinski definition) is 0. The number of unbranched alkanes of at least 4 members (excludes halogenated alkanes) is 25. The first kappa shape index (κ1) is 56.7. The molecule has 2 atom stereocenters. The minimum Gasteiger partial charge on any atom is -0.756 e. The molecule has 342 valence electrons. The summed E-state index contributed by atoms with van der Waals surface area (Å²) in [7, 11) is 1.34. The number of carbonyl (C=O) groups excluding carboxylic acids is 1. The second-order valence-electron chi connectivity index (χ2n) is 17.4. The number of nitrogens with zero attached hydrogens (tertiary/aromatic N) is 1. The number of quaternary nitrogens is 1. The zero-order valence-electron chi connectivity index (χ0n) is 38.7. The quantitative estimate of drug-likeness (QED) is 0.0198. The van der Waals surface area contributed by atoms with Crippen LogP contribution in [0.4, 0.5) is 0 Å². The Morgan fingerprint density at radius 2 is 1.00 bits per heavy atom. The van der Waals surface area contributed by atoms with E-state index in [4.69, 9.17) is 18.5 Å². The molecule has 0 saturated heterocycles. The Labute approximate surface area is 359 Å². The predicted octanol–water partition coefficient (Wildman–Crippen LogP) is 13.9. The molecule has 8 nitrogen and oxygen atoms in total. The molecule has 0 bridgehead atoms. The molecule has 2 unspecified atom stereocenters. The maximum atomic E-state index is 12.7. The van der Waals surface area contributed by atoms with E-state index in [0.717, 1.165) is 57.8 Å². The molecule has 0 aromatic carbocycles. The summed E-state index contributed by atoms with van der Waals surface area (Å²) >= 11 is 0. The number of hydrogen-bond acceptors (Lipinski definition) is 7. The lowest BCUT2D eigenvalue weighted by Gasteiger charge is -2.28. The van der Waals surface area contributed by atoms with Gasteiger partial charge >= 0.3 is 5.97 Å². The van der Waals surface area contributed by atoms with Crippen LogP contribution in [0.15, 0.2) is 36.5 Å². The third-order valence-electron chi connectivity index (χ3n) is 10.5. The lowest BCUT2D eigenvalue weighted by Crippen LogP contribution is -2.37. The van der Waals surface area contributed by atoms with Crippen LogP contribution in [0.3, 0.4) is 0 Å². The van der Waals surface area contributed by atoms with E-state index in [1.54, 1.807) is 0 Å². The number of carbonyl (C=O) groups is 1. The first-order valence-corrected chi connectivity index (χ1v) is 25.7. The molecule has 0 rings (SSSR count). The number of rotatable bonds is 45. The standard InChI is InChI=1S/C49H94NO7P/c1-6-8-10-12-14-16-18-20-21-22-23-24-25-26-27-28-29-31-33-35-37-39-41-44-54-46-48(47-56-58(52,53)55-45-43-50(3,4)5)57-49(51)42-40-38-36-34-32-30-19-17-15-13-11-9-7-2/h9,11,15,17,30,32,48H,6-8,10,12-14,16,18-29,31,33-47H2,1-5H3/b11-9-,17-15-,32-30-. The molecular formula is C49H94NO7P. The van der Waals surface area contributed by atoms with Crippen LogP contribution in [0, 0.1) is 0 Å². The lowest BCUT2D eigenvalue weighted by molar-refractivity contribution is -0.870. The summed E-state index contributed by atoms with van der Waals surface area (Å²) in [5, 5.41) is 0. The van der Waals surface area contributed by atoms with Gasteiger partial charge in [-0.1, -0.05) is 198 Å². The van der Waals surface area contributed by atoms with Crippen LogP contribution in [0.25, 0.3) is 0 Å². The lowest BCUT2D eigenvalue weighted by atomic mass is 10.0. The first-order chi connectivity index (χ1) is 28.1. The Bertz CT molecular complexity index is 1020. The van der Waals surface area contributed by atoms with Gasteiger partial charge in [0.25, 0.3) is 7.82 Å². The van der Waals surface area contributed by atoms with Crippen molar-refractivity contribution in [2.75, 3.05) is 54.1 Å².